The van der Waals surface area contributed by atoms with E-state index in [-0.39, 0.29) is 12.1 Å². The number of hydrogen-bond donors (Lipinski definition) is 1. The smallest absolute Gasteiger partial charge is 0.119 e. The summed E-state index contributed by atoms with van der Waals surface area (Å²) in [5.74, 6) is 0.883. The molecule has 94 valence electrons. The predicted molar refractivity (Wildman–Crippen MR) is 68.1 cm³/mol. The summed E-state index contributed by atoms with van der Waals surface area (Å²) in [6, 6.07) is 8.02. The van der Waals surface area contributed by atoms with Gasteiger partial charge in [0, 0.05) is 12.6 Å². The average molecular weight is 235 g/mol. The highest BCUT2D eigenvalue weighted by molar-refractivity contribution is 5.30. The normalized spacial score (nSPS) is 22.1. The van der Waals surface area contributed by atoms with E-state index < -0.39 is 0 Å². The molecule has 2 atom stereocenters. The van der Waals surface area contributed by atoms with Gasteiger partial charge < -0.3 is 15.2 Å². The van der Waals surface area contributed by atoms with Crippen LogP contribution in [-0.4, -0.2) is 19.3 Å². The lowest BCUT2D eigenvalue weighted by atomic mass is 10.1. The van der Waals surface area contributed by atoms with Crippen LogP contribution in [0, 0.1) is 0 Å². The van der Waals surface area contributed by atoms with Gasteiger partial charge in [0.05, 0.1) is 6.10 Å². The van der Waals surface area contributed by atoms with E-state index in [0.29, 0.717) is 6.61 Å². The molecule has 0 aliphatic carbocycles. The van der Waals surface area contributed by atoms with Gasteiger partial charge in [-0.15, -0.1) is 0 Å². The molecular formula is C14H21NO2. The molecule has 1 heterocycles. The summed E-state index contributed by atoms with van der Waals surface area (Å²) >= 11 is 0. The largest absolute Gasteiger partial charge is 0.491 e. The van der Waals surface area contributed by atoms with Crippen LogP contribution < -0.4 is 10.5 Å². The summed E-state index contributed by atoms with van der Waals surface area (Å²) in [5, 5.41) is 0. The SMILES string of the molecule is C[C@@H](N)c1cccc(OCC2CCCCO2)c1. The lowest BCUT2D eigenvalue weighted by Gasteiger charge is -2.22. The summed E-state index contributed by atoms with van der Waals surface area (Å²) in [6.07, 6.45) is 3.78. The van der Waals surface area contributed by atoms with Crippen molar-refractivity contribution in [1.29, 1.82) is 0 Å². The van der Waals surface area contributed by atoms with Crippen LogP contribution in [0.1, 0.15) is 37.8 Å². The Morgan fingerprint density at radius 1 is 1.47 bits per heavy atom. The van der Waals surface area contributed by atoms with Gasteiger partial charge in [-0.2, -0.15) is 0 Å². The maximum absolute atomic E-state index is 5.84. The molecule has 0 saturated carbocycles. The van der Waals surface area contributed by atoms with E-state index in [1.54, 1.807) is 0 Å². The van der Waals surface area contributed by atoms with Crippen molar-refractivity contribution in [3.8, 4) is 5.75 Å². The third-order valence-electron chi connectivity index (χ3n) is 3.09. The molecule has 17 heavy (non-hydrogen) atoms. The van der Waals surface area contributed by atoms with Gasteiger partial charge in [0.15, 0.2) is 0 Å². The minimum Gasteiger partial charge on any atom is -0.491 e. The highest BCUT2D eigenvalue weighted by Gasteiger charge is 2.14. The summed E-state index contributed by atoms with van der Waals surface area (Å²) in [4.78, 5) is 0. The Morgan fingerprint density at radius 3 is 3.06 bits per heavy atom. The first-order valence-electron chi connectivity index (χ1n) is 6.35. The van der Waals surface area contributed by atoms with E-state index >= 15 is 0 Å². The zero-order valence-electron chi connectivity index (χ0n) is 10.4. The first kappa shape index (κ1) is 12.4. The molecule has 0 radical (unpaired) electrons. The van der Waals surface area contributed by atoms with Crippen molar-refractivity contribution >= 4 is 0 Å². The van der Waals surface area contributed by atoms with Gasteiger partial charge in [-0.1, -0.05) is 12.1 Å². The van der Waals surface area contributed by atoms with Gasteiger partial charge in [0.2, 0.25) is 0 Å². The molecule has 3 heteroatoms. The molecular weight excluding hydrogens is 214 g/mol. The van der Waals surface area contributed by atoms with Crippen molar-refractivity contribution in [2.24, 2.45) is 5.73 Å². The molecule has 3 nitrogen and oxygen atoms in total. The first-order chi connectivity index (χ1) is 8.25. The number of rotatable bonds is 4. The first-order valence-corrected chi connectivity index (χ1v) is 6.35. The van der Waals surface area contributed by atoms with E-state index in [1.807, 2.05) is 31.2 Å². The summed E-state index contributed by atoms with van der Waals surface area (Å²) in [5.41, 5.74) is 6.95. The Balaban J connectivity index is 1.87. The molecule has 0 aromatic heterocycles. The number of benzene rings is 1. The van der Waals surface area contributed by atoms with E-state index in [9.17, 15) is 0 Å². The van der Waals surface area contributed by atoms with Crippen molar-refractivity contribution in [1.82, 2.24) is 0 Å². The highest BCUT2D eigenvalue weighted by atomic mass is 16.5. The number of hydrogen-bond acceptors (Lipinski definition) is 3. The zero-order chi connectivity index (χ0) is 12.1. The van der Waals surface area contributed by atoms with Gasteiger partial charge in [-0.3, -0.25) is 0 Å². The topological polar surface area (TPSA) is 44.5 Å². The van der Waals surface area contributed by atoms with Crippen molar-refractivity contribution in [3.63, 3.8) is 0 Å². The minimum atomic E-state index is 0.0458. The lowest BCUT2D eigenvalue weighted by molar-refractivity contribution is -0.0110. The molecule has 1 saturated heterocycles. The van der Waals surface area contributed by atoms with Crippen LogP contribution in [0.5, 0.6) is 5.75 Å². The molecule has 2 N–H and O–H groups in total. The van der Waals surface area contributed by atoms with Crippen molar-refractivity contribution < 1.29 is 9.47 Å². The maximum Gasteiger partial charge on any atom is 0.119 e. The predicted octanol–water partition coefficient (Wildman–Crippen LogP) is 2.65. The lowest BCUT2D eigenvalue weighted by Crippen LogP contribution is -2.25. The third-order valence-corrected chi connectivity index (χ3v) is 3.09. The second kappa shape index (κ2) is 6.03. The fourth-order valence-corrected chi connectivity index (χ4v) is 2.02. The molecule has 1 aromatic rings. The molecule has 1 aliphatic heterocycles. The van der Waals surface area contributed by atoms with Crippen LogP contribution in [-0.2, 0) is 4.74 Å². The number of ether oxygens (including phenoxy) is 2. The summed E-state index contributed by atoms with van der Waals surface area (Å²) in [7, 11) is 0. The Hall–Kier alpha value is -1.06. The van der Waals surface area contributed by atoms with Gasteiger partial charge in [-0.25, -0.2) is 0 Å². The van der Waals surface area contributed by atoms with Gasteiger partial charge in [0.1, 0.15) is 12.4 Å². The second-order valence-electron chi connectivity index (χ2n) is 4.66. The standard InChI is InChI=1S/C14H21NO2/c1-11(15)12-5-4-7-13(9-12)17-10-14-6-2-3-8-16-14/h4-5,7,9,11,14H,2-3,6,8,10,15H2,1H3/t11-,14?/m1/s1. The fraction of sp³-hybridized carbons (Fsp3) is 0.571. The number of nitrogens with two attached hydrogens (primary N) is 1. The quantitative estimate of drug-likeness (QED) is 0.872. The Bertz CT molecular complexity index is 346. The van der Waals surface area contributed by atoms with Crippen molar-refractivity contribution in [2.75, 3.05) is 13.2 Å². The summed E-state index contributed by atoms with van der Waals surface area (Å²) in [6.45, 7) is 3.49. The van der Waals surface area contributed by atoms with Gasteiger partial charge in [0.25, 0.3) is 0 Å². The van der Waals surface area contributed by atoms with Crippen LogP contribution in [0.25, 0.3) is 0 Å². The van der Waals surface area contributed by atoms with Crippen LogP contribution in [0.15, 0.2) is 24.3 Å². The Morgan fingerprint density at radius 2 is 2.35 bits per heavy atom. The average Bonchev–Trinajstić information content (AvgIpc) is 2.38. The molecule has 1 fully saturated rings. The molecule has 1 aliphatic rings. The molecule has 1 unspecified atom stereocenters. The van der Waals surface area contributed by atoms with E-state index in [0.717, 1.165) is 24.3 Å². The van der Waals surface area contributed by atoms with E-state index in [4.69, 9.17) is 15.2 Å². The second-order valence-corrected chi connectivity index (χ2v) is 4.66. The fourth-order valence-electron chi connectivity index (χ4n) is 2.02. The zero-order valence-corrected chi connectivity index (χ0v) is 10.4. The van der Waals surface area contributed by atoms with Gasteiger partial charge >= 0.3 is 0 Å². The molecule has 0 bridgehead atoms. The van der Waals surface area contributed by atoms with Crippen LogP contribution in [0.4, 0.5) is 0 Å². The molecule has 1 aromatic carbocycles. The van der Waals surface area contributed by atoms with Gasteiger partial charge in [-0.05, 0) is 43.9 Å². The Labute approximate surface area is 103 Å². The maximum atomic E-state index is 5.84. The molecule has 0 amide bonds. The molecule has 0 spiro atoms. The van der Waals surface area contributed by atoms with E-state index in [1.165, 1.54) is 12.8 Å². The third kappa shape index (κ3) is 3.72. The summed E-state index contributed by atoms with van der Waals surface area (Å²) < 4.78 is 11.4. The minimum absolute atomic E-state index is 0.0458. The molecule has 2 rings (SSSR count). The van der Waals surface area contributed by atoms with Crippen LogP contribution in [0.3, 0.4) is 0 Å². The highest BCUT2D eigenvalue weighted by Crippen LogP contribution is 2.19. The van der Waals surface area contributed by atoms with Crippen molar-refractivity contribution in [2.45, 2.75) is 38.3 Å². The monoisotopic (exact) mass is 235 g/mol. The van der Waals surface area contributed by atoms with Crippen LogP contribution in [0.2, 0.25) is 0 Å². The Kier molecular flexibility index (Phi) is 4.40. The van der Waals surface area contributed by atoms with Crippen LogP contribution >= 0.6 is 0 Å². The van der Waals surface area contributed by atoms with E-state index in [2.05, 4.69) is 0 Å². The van der Waals surface area contributed by atoms with Crippen molar-refractivity contribution in [3.05, 3.63) is 29.8 Å².